The lowest BCUT2D eigenvalue weighted by Crippen LogP contribution is -2.52. The number of nitrogens with two attached hydrogens (primary N) is 1. The molecule has 4 aliphatic rings. The third-order valence-electron chi connectivity index (χ3n) is 4.36. The molecule has 5 heteroatoms. The Labute approximate surface area is 103 Å². The molecular formula is C11H16BrN3O. The Morgan fingerprint density at radius 3 is 2.94 bits per heavy atom. The highest BCUT2D eigenvalue weighted by Crippen LogP contribution is 2.54. The molecule has 3 N–H and O–H groups in total. The quantitative estimate of drug-likeness (QED) is 0.560. The summed E-state index contributed by atoms with van der Waals surface area (Å²) in [5.41, 5.74) is 8.64. The molecule has 2 amide bonds. The summed E-state index contributed by atoms with van der Waals surface area (Å²) < 4.78 is 0. The van der Waals surface area contributed by atoms with Gasteiger partial charge >= 0.3 is 6.03 Å². The van der Waals surface area contributed by atoms with Gasteiger partial charge < -0.3 is 5.73 Å². The first-order chi connectivity index (χ1) is 7.65. The number of nitrogens with zero attached hydrogens (tertiary/aromatic N) is 1. The fourth-order valence-electron chi connectivity index (χ4n) is 3.88. The van der Waals surface area contributed by atoms with E-state index in [0.29, 0.717) is 16.7 Å². The second-order valence-corrected chi connectivity index (χ2v) is 6.39. The van der Waals surface area contributed by atoms with E-state index < -0.39 is 6.03 Å². The molecule has 0 aromatic rings. The van der Waals surface area contributed by atoms with Crippen molar-refractivity contribution in [2.45, 2.75) is 30.5 Å². The van der Waals surface area contributed by atoms with Crippen LogP contribution in [0.2, 0.25) is 0 Å². The fourth-order valence-corrected chi connectivity index (χ4v) is 4.80. The zero-order valence-corrected chi connectivity index (χ0v) is 10.6. The molecule has 16 heavy (non-hydrogen) atoms. The van der Waals surface area contributed by atoms with Crippen LogP contribution in [0.4, 0.5) is 4.79 Å². The lowest BCUT2D eigenvalue weighted by molar-refractivity contribution is 0.117. The SMILES string of the molecule is NC(=O)N/N=C1\[C@H]2C[C@H]3C[C@@H](C2)[C@@H](Br)[C@H]1C3. The van der Waals surface area contributed by atoms with E-state index in [1.165, 1.54) is 31.4 Å². The summed E-state index contributed by atoms with van der Waals surface area (Å²) in [7, 11) is 0. The first-order valence-electron chi connectivity index (χ1n) is 5.92. The van der Waals surface area contributed by atoms with Crippen molar-refractivity contribution in [1.82, 2.24) is 5.43 Å². The van der Waals surface area contributed by atoms with Crippen molar-refractivity contribution in [3.05, 3.63) is 0 Å². The molecular weight excluding hydrogens is 270 g/mol. The Hall–Kier alpha value is -0.580. The molecule has 4 fully saturated rings. The third-order valence-corrected chi connectivity index (χ3v) is 5.74. The van der Waals surface area contributed by atoms with Gasteiger partial charge in [-0.3, -0.25) is 0 Å². The van der Waals surface area contributed by atoms with Crippen LogP contribution in [-0.2, 0) is 0 Å². The van der Waals surface area contributed by atoms with E-state index in [1.807, 2.05) is 0 Å². The zero-order chi connectivity index (χ0) is 11.3. The minimum absolute atomic E-state index is 0.517. The number of halogens is 1. The molecule has 88 valence electrons. The van der Waals surface area contributed by atoms with Gasteiger partial charge in [0.1, 0.15) is 0 Å². The van der Waals surface area contributed by atoms with Gasteiger partial charge in [-0.15, -0.1) is 0 Å². The Morgan fingerprint density at radius 2 is 2.19 bits per heavy atom. The van der Waals surface area contributed by atoms with Crippen molar-refractivity contribution in [2.24, 2.45) is 34.5 Å². The van der Waals surface area contributed by atoms with Crippen LogP contribution in [-0.4, -0.2) is 16.6 Å². The molecule has 4 nitrogen and oxygen atoms in total. The molecule has 0 saturated heterocycles. The van der Waals surface area contributed by atoms with E-state index in [2.05, 4.69) is 26.5 Å². The van der Waals surface area contributed by atoms with Crippen molar-refractivity contribution in [2.75, 3.05) is 0 Å². The molecule has 4 bridgehead atoms. The van der Waals surface area contributed by atoms with Crippen molar-refractivity contribution >= 4 is 27.7 Å². The zero-order valence-electron chi connectivity index (χ0n) is 9.03. The smallest absolute Gasteiger partial charge is 0.332 e. The van der Waals surface area contributed by atoms with E-state index in [9.17, 15) is 4.79 Å². The van der Waals surface area contributed by atoms with Crippen LogP contribution >= 0.6 is 15.9 Å². The summed E-state index contributed by atoms with van der Waals surface area (Å²) in [6.07, 6.45) is 5.08. The van der Waals surface area contributed by atoms with Gasteiger partial charge in [0.25, 0.3) is 0 Å². The Bertz CT molecular complexity index is 357. The first kappa shape index (κ1) is 10.6. The Morgan fingerprint density at radius 1 is 1.38 bits per heavy atom. The summed E-state index contributed by atoms with van der Waals surface area (Å²) in [6.45, 7) is 0. The maximum atomic E-state index is 10.7. The minimum Gasteiger partial charge on any atom is -0.350 e. The highest BCUT2D eigenvalue weighted by atomic mass is 79.9. The normalized spacial score (nSPS) is 47.3. The van der Waals surface area contributed by atoms with Crippen LogP contribution in [0.25, 0.3) is 0 Å². The first-order valence-corrected chi connectivity index (χ1v) is 6.83. The van der Waals surface area contributed by atoms with Crippen molar-refractivity contribution in [3.63, 3.8) is 0 Å². The summed E-state index contributed by atoms with van der Waals surface area (Å²) >= 11 is 3.80. The van der Waals surface area contributed by atoms with Crippen LogP contribution in [0, 0.1) is 23.7 Å². The van der Waals surface area contributed by atoms with Gasteiger partial charge in [0.05, 0.1) is 0 Å². The van der Waals surface area contributed by atoms with Crippen molar-refractivity contribution in [3.8, 4) is 0 Å². The van der Waals surface area contributed by atoms with E-state index >= 15 is 0 Å². The number of hydrogen-bond donors (Lipinski definition) is 2. The average Bonchev–Trinajstić information content (AvgIpc) is 2.23. The second-order valence-electron chi connectivity index (χ2n) is 5.33. The fraction of sp³-hybridized carbons (Fsp3) is 0.818. The Balaban J connectivity index is 1.85. The van der Waals surface area contributed by atoms with Gasteiger partial charge in [0, 0.05) is 16.5 Å². The number of rotatable bonds is 1. The maximum absolute atomic E-state index is 10.7. The second kappa shape index (κ2) is 3.72. The van der Waals surface area contributed by atoms with Gasteiger partial charge in [0.15, 0.2) is 0 Å². The number of carbonyl (C=O) groups excluding carboxylic acids is 1. The molecule has 0 unspecified atom stereocenters. The third kappa shape index (κ3) is 1.56. The van der Waals surface area contributed by atoms with Gasteiger partial charge in [-0.2, -0.15) is 5.10 Å². The van der Waals surface area contributed by atoms with Gasteiger partial charge in [0.2, 0.25) is 0 Å². The van der Waals surface area contributed by atoms with Gasteiger partial charge in [-0.05, 0) is 43.4 Å². The number of hydrogen-bond acceptors (Lipinski definition) is 2. The van der Waals surface area contributed by atoms with E-state index in [-0.39, 0.29) is 0 Å². The molecule has 4 rings (SSSR count). The van der Waals surface area contributed by atoms with Crippen LogP contribution in [0.5, 0.6) is 0 Å². The standard InChI is InChI=1S/C11H16BrN3O/c12-9-6-1-5-2-7(4-6)10(8(9)3-5)14-15-11(13)16/h5-9H,1-4H2,(H3,13,15,16)/b14-10+/t5-,6+,7+,8-,9-/m1/s1. The number of carbonyl (C=O) groups is 1. The monoisotopic (exact) mass is 285 g/mol. The summed E-state index contributed by atoms with van der Waals surface area (Å²) in [5, 5.41) is 4.23. The number of nitrogens with one attached hydrogen (secondary N) is 1. The molecule has 4 aliphatic carbocycles. The predicted molar refractivity (Wildman–Crippen MR) is 65.3 cm³/mol. The number of primary amides is 1. The van der Waals surface area contributed by atoms with Crippen LogP contribution < -0.4 is 11.2 Å². The van der Waals surface area contributed by atoms with Crippen LogP contribution in [0.3, 0.4) is 0 Å². The van der Waals surface area contributed by atoms with Gasteiger partial charge in [-0.25, -0.2) is 10.2 Å². The topological polar surface area (TPSA) is 67.5 Å². The lowest BCUT2D eigenvalue weighted by atomic mass is 9.55. The maximum Gasteiger partial charge on any atom is 0.332 e. The molecule has 4 saturated carbocycles. The molecule has 0 aromatic heterocycles. The summed E-state index contributed by atoms with van der Waals surface area (Å²) in [4.78, 5) is 11.3. The van der Waals surface area contributed by atoms with Crippen LogP contribution in [0.1, 0.15) is 25.7 Å². The number of amides is 2. The van der Waals surface area contributed by atoms with E-state index in [1.54, 1.807) is 0 Å². The molecule has 0 aliphatic heterocycles. The van der Waals surface area contributed by atoms with Crippen molar-refractivity contribution < 1.29 is 4.79 Å². The highest BCUT2D eigenvalue weighted by Gasteiger charge is 2.51. The van der Waals surface area contributed by atoms with Gasteiger partial charge in [-0.1, -0.05) is 15.9 Å². The lowest BCUT2D eigenvalue weighted by Gasteiger charge is -2.53. The molecule has 0 radical (unpaired) electrons. The van der Waals surface area contributed by atoms with Crippen molar-refractivity contribution in [1.29, 1.82) is 0 Å². The molecule has 0 heterocycles. The highest BCUT2D eigenvalue weighted by molar-refractivity contribution is 9.09. The van der Waals surface area contributed by atoms with E-state index in [4.69, 9.17) is 5.73 Å². The molecule has 0 aromatic carbocycles. The number of urea groups is 1. The number of alkyl halides is 1. The molecule has 5 atom stereocenters. The largest absolute Gasteiger partial charge is 0.350 e. The van der Waals surface area contributed by atoms with Crippen LogP contribution in [0.15, 0.2) is 5.10 Å². The number of hydrazone groups is 1. The Kier molecular flexibility index (Phi) is 2.46. The predicted octanol–water partition coefficient (Wildman–Crippen LogP) is 1.84. The molecule has 0 spiro atoms. The minimum atomic E-state index is -0.563. The average molecular weight is 286 g/mol. The summed E-state index contributed by atoms with van der Waals surface area (Å²) in [5.74, 6) is 2.80. The van der Waals surface area contributed by atoms with E-state index in [0.717, 1.165) is 11.8 Å². The summed E-state index contributed by atoms with van der Waals surface area (Å²) in [6, 6.07) is -0.563.